The number of rotatable bonds is 3. The predicted molar refractivity (Wildman–Crippen MR) is 77.8 cm³/mol. The fraction of sp³-hybridized carbons (Fsp3) is 0.143. The molecule has 0 aliphatic carbocycles. The van der Waals surface area contributed by atoms with Crippen LogP contribution in [-0.2, 0) is 6.42 Å². The van der Waals surface area contributed by atoms with Gasteiger partial charge in [0.25, 0.3) is 0 Å². The van der Waals surface area contributed by atoms with Gasteiger partial charge in [-0.05, 0) is 51.7 Å². The average molecular weight is 366 g/mol. The van der Waals surface area contributed by atoms with E-state index in [1.54, 1.807) is 12.1 Å². The molecule has 0 aliphatic heterocycles. The van der Waals surface area contributed by atoms with E-state index >= 15 is 0 Å². The first kappa shape index (κ1) is 14.8. The maximum atomic E-state index is 13.5. The van der Waals surface area contributed by atoms with Crippen molar-refractivity contribution in [1.29, 1.82) is 0 Å². The lowest BCUT2D eigenvalue weighted by atomic mass is 10.0. The number of benzene rings is 2. The molecule has 0 amide bonds. The second kappa shape index (κ2) is 6.21. The van der Waals surface area contributed by atoms with Crippen LogP contribution in [0, 0.1) is 11.6 Å². The third-order valence-electron chi connectivity index (χ3n) is 2.72. The molecule has 0 heterocycles. The highest BCUT2D eigenvalue weighted by atomic mass is 79.9. The summed E-state index contributed by atoms with van der Waals surface area (Å²) in [6.07, 6.45) is 0.269. The number of alkyl halides is 1. The summed E-state index contributed by atoms with van der Waals surface area (Å²) in [5.41, 5.74) is 1.17. The highest BCUT2D eigenvalue weighted by Crippen LogP contribution is 2.31. The Morgan fingerprint density at radius 1 is 1.11 bits per heavy atom. The third kappa shape index (κ3) is 3.68. The van der Waals surface area contributed by atoms with E-state index in [4.69, 9.17) is 23.2 Å². The van der Waals surface area contributed by atoms with Gasteiger partial charge in [0.2, 0.25) is 0 Å². The van der Waals surface area contributed by atoms with Gasteiger partial charge >= 0.3 is 0 Å². The molecule has 0 fully saturated rings. The fourth-order valence-electron chi connectivity index (χ4n) is 1.71. The molecule has 5 heteroatoms. The highest BCUT2D eigenvalue weighted by molar-refractivity contribution is 9.10. The molecule has 0 aromatic heterocycles. The van der Waals surface area contributed by atoms with Crippen molar-refractivity contribution in [3.8, 4) is 0 Å². The molecule has 0 radical (unpaired) electrons. The summed E-state index contributed by atoms with van der Waals surface area (Å²) < 4.78 is 27.1. The highest BCUT2D eigenvalue weighted by Gasteiger charge is 2.13. The number of halogens is 5. The van der Waals surface area contributed by atoms with Gasteiger partial charge < -0.3 is 0 Å². The second-order valence-corrected chi connectivity index (χ2v) is 5.87. The molecule has 0 nitrogen and oxygen atoms in total. The third-order valence-corrected chi connectivity index (χ3v) is 4.36. The Morgan fingerprint density at radius 2 is 1.84 bits per heavy atom. The Morgan fingerprint density at radius 3 is 2.47 bits per heavy atom. The summed E-state index contributed by atoms with van der Waals surface area (Å²) in [5.74, 6) is -1.19. The summed E-state index contributed by atoms with van der Waals surface area (Å²) in [7, 11) is 0. The largest absolute Gasteiger partial charge is 0.207 e. The van der Waals surface area contributed by atoms with Gasteiger partial charge in [0.15, 0.2) is 0 Å². The van der Waals surface area contributed by atoms with Crippen molar-refractivity contribution in [1.82, 2.24) is 0 Å². The summed E-state index contributed by atoms with van der Waals surface area (Å²) in [4.78, 5) is 0. The SMILES string of the molecule is Fc1ccc(CC(Cl)c2ccc(Br)c(Cl)c2)c(F)c1. The van der Waals surface area contributed by atoms with E-state index in [1.165, 1.54) is 12.1 Å². The topological polar surface area (TPSA) is 0 Å². The van der Waals surface area contributed by atoms with Crippen LogP contribution in [0.2, 0.25) is 5.02 Å². The van der Waals surface area contributed by atoms with Crippen molar-refractivity contribution < 1.29 is 8.78 Å². The van der Waals surface area contributed by atoms with Crippen LogP contribution < -0.4 is 0 Å². The monoisotopic (exact) mass is 364 g/mol. The van der Waals surface area contributed by atoms with Crippen LogP contribution in [0.4, 0.5) is 8.78 Å². The molecular weight excluding hydrogens is 357 g/mol. The van der Waals surface area contributed by atoms with E-state index in [-0.39, 0.29) is 6.42 Å². The van der Waals surface area contributed by atoms with Gasteiger partial charge in [-0.25, -0.2) is 8.78 Å². The quantitative estimate of drug-likeness (QED) is 0.593. The molecule has 1 atom stereocenters. The number of hydrogen-bond donors (Lipinski definition) is 0. The van der Waals surface area contributed by atoms with E-state index in [0.717, 1.165) is 16.1 Å². The molecule has 2 aromatic carbocycles. The zero-order chi connectivity index (χ0) is 14.0. The molecule has 0 N–H and O–H groups in total. The Kier molecular flexibility index (Phi) is 4.82. The summed E-state index contributed by atoms with van der Waals surface area (Å²) >= 11 is 15.5. The van der Waals surface area contributed by atoms with E-state index in [0.29, 0.717) is 10.6 Å². The van der Waals surface area contributed by atoms with E-state index < -0.39 is 17.0 Å². The zero-order valence-corrected chi connectivity index (χ0v) is 12.7. The molecule has 2 rings (SSSR count). The van der Waals surface area contributed by atoms with Crippen molar-refractivity contribution in [2.75, 3.05) is 0 Å². The van der Waals surface area contributed by atoms with Crippen LogP contribution >= 0.6 is 39.1 Å². The Hall–Kier alpha value is -0.640. The summed E-state index contributed by atoms with van der Waals surface area (Å²) in [6, 6.07) is 8.80. The average Bonchev–Trinajstić information content (AvgIpc) is 2.36. The molecule has 0 bridgehead atoms. The van der Waals surface area contributed by atoms with Crippen molar-refractivity contribution in [3.05, 3.63) is 68.7 Å². The van der Waals surface area contributed by atoms with Crippen LogP contribution in [-0.4, -0.2) is 0 Å². The first-order valence-electron chi connectivity index (χ1n) is 5.50. The van der Waals surface area contributed by atoms with Crippen LogP contribution in [0.15, 0.2) is 40.9 Å². The molecule has 100 valence electrons. The standard InChI is InChI=1S/C14H9BrCl2F2/c15-11-4-2-8(5-13(11)17)12(16)6-9-1-3-10(18)7-14(9)19/h1-5,7,12H,6H2. The Bertz CT molecular complexity index is 602. The molecule has 0 spiro atoms. The fourth-order valence-corrected chi connectivity index (χ4v) is 2.44. The van der Waals surface area contributed by atoms with Crippen LogP contribution in [0.5, 0.6) is 0 Å². The first-order valence-corrected chi connectivity index (χ1v) is 7.11. The molecule has 0 saturated heterocycles. The van der Waals surface area contributed by atoms with Crippen molar-refractivity contribution in [3.63, 3.8) is 0 Å². The van der Waals surface area contributed by atoms with Gasteiger partial charge in [-0.1, -0.05) is 23.7 Å². The van der Waals surface area contributed by atoms with Crippen LogP contribution in [0.25, 0.3) is 0 Å². The van der Waals surface area contributed by atoms with Gasteiger partial charge in [0, 0.05) is 10.5 Å². The minimum atomic E-state index is -0.598. The maximum absolute atomic E-state index is 13.5. The van der Waals surface area contributed by atoms with Gasteiger partial charge in [-0.2, -0.15) is 0 Å². The Balaban J connectivity index is 2.20. The minimum Gasteiger partial charge on any atom is -0.207 e. The molecule has 2 aromatic rings. The normalized spacial score (nSPS) is 12.5. The molecule has 19 heavy (non-hydrogen) atoms. The van der Waals surface area contributed by atoms with Gasteiger partial charge in [0.05, 0.1) is 10.4 Å². The number of hydrogen-bond acceptors (Lipinski definition) is 0. The molecule has 1 unspecified atom stereocenters. The summed E-state index contributed by atoms with van der Waals surface area (Å²) in [6.45, 7) is 0. The maximum Gasteiger partial charge on any atom is 0.129 e. The van der Waals surface area contributed by atoms with Crippen molar-refractivity contribution >= 4 is 39.1 Å². The lowest BCUT2D eigenvalue weighted by Gasteiger charge is -2.11. The lowest BCUT2D eigenvalue weighted by Crippen LogP contribution is -1.99. The van der Waals surface area contributed by atoms with E-state index in [2.05, 4.69) is 15.9 Å². The van der Waals surface area contributed by atoms with Crippen molar-refractivity contribution in [2.24, 2.45) is 0 Å². The van der Waals surface area contributed by atoms with E-state index in [1.807, 2.05) is 6.07 Å². The smallest absolute Gasteiger partial charge is 0.129 e. The summed E-state index contributed by atoms with van der Waals surface area (Å²) in [5, 5.41) is 0.119. The molecule has 0 aliphatic rings. The molecular formula is C14H9BrCl2F2. The zero-order valence-electron chi connectivity index (χ0n) is 9.64. The van der Waals surface area contributed by atoms with Crippen molar-refractivity contribution in [2.45, 2.75) is 11.8 Å². The first-order chi connectivity index (χ1) is 8.97. The lowest BCUT2D eigenvalue weighted by molar-refractivity contribution is 0.570. The van der Waals surface area contributed by atoms with Gasteiger partial charge in [-0.3, -0.25) is 0 Å². The second-order valence-electron chi connectivity index (χ2n) is 4.08. The van der Waals surface area contributed by atoms with E-state index in [9.17, 15) is 8.78 Å². The van der Waals surface area contributed by atoms with Crippen LogP contribution in [0.1, 0.15) is 16.5 Å². The van der Waals surface area contributed by atoms with Gasteiger partial charge in [0.1, 0.15) is 11.6 Å². The minimum absolute atomic E-state index is 0.269. The predicted octanol–water partition coefficient (Wildman–Crippen LogP) is 5.90. The van der Waals surface area contributed by atoms with Crippen LogP contribution in [0.3, 0.4) is 0 Å². The molecule has 0 saturated carbocycles. The Labute approximate surface area is 128 Å². The van der Waals surface area contributed by atoms with Gasteiger partial charge in [-0.15, -0.1) is 11.6 Å².